The predicted octanol–water partition coefficient (Wildman–Crippen LogP) is 9.44. The Kier molecular flexibility index (Phi) is 12.7. The van der Waals surface area contributed by atoms with Crippen molar-refractivity contribution in [2.24, 2.45) is 10.8 Å². The third-order valence-electron chi connectivity index (χ3n) is 8.05. The molecule has 0 amide bonds. The van der Waals surface area contributed by atoms with Crippen molar-refractivity contribution in [3.63, 3.8) is 0 Å². The molecular formula is C34H72NO3+. The number of hydrogen-bond acceptors (Lipinski definition) is 3. The minimum absolute atomic E-state index is 0.0694. The second kappa shape index (κ2) is 12.8. The molecule has 0 aromatic carbocycles. The number of quaternary nitrogens is 1. The maximum absolute atomic E-state index is 6.63. The topological polar surface area (TPSA) is 27.7 Å². The maximum atomic E-state index is 6.63. The van der Waals surface area contributed by atoms with Crippen LogP contribution in [0.15, 0.2) is 0 Å². The van der Waals surface area contributed by atoms with Crippen molar-refractivity contribution < 1.29 is 18.7 Å². The van der Waals surface area contributed by atoms with Gasteiger partial charge in [-0.25, -0.2) is 0 Å². The first-order chi connectivity index (χ1) is 16.5. The molecule has 0 fully saturated rings. The van der Waals surface area contributed by atoms with E-state index in [0.29, 0.717) is 6.61 Å². The highest BCUT2D eigenvalue weighted by Gasteiger charge is 2.63. The third kappa shape index (κ3) is 11.8. The lowest BCUT2D eigenvalue weighted by Crippen LogP contribution is -2.81. The molecule has 0 saturated carbocycles. The fourth-order valence-corrected chi connectivity index (χ4v) is 7.27. The van der Waals surface area contributed by atoms with Crippen LogP contribution in [0.1, 0.15) is 151 Å². The predicted molar refractivity (Wildman–Crippen MR) is 167 cm³/mol. The van der Waals surface area contributed by atoms with E-state index in [0.717, 1.165) is 43.5 Å². The van der Waals surface area contributed by atoms with Crippen LogP contribution in [0, 0.1) is 10.8 Å². The van der Waals surface area contributed by atoms with Crippen LogP contribution in [0.5, 0.6) is 0 Å². The van der Waals surface area contributed by atoms with E-state index in [1.54, 1.807) is 0 Å². The number of nitrogens with zero attached hydrogens (tertiary/aromatic N) is 1. The highest BCUT2D eigenvalue weighted by atomic mass is 16.5. The third-order valence-corrected chi connectivity index (χ3v) is 8.05. The molecule has 0 N–H and O–H groups in total. The summed E-state index contributed by atoms with van der Waals surface area (Å²) >= 11 is 0. The van der Waals surface area contributed by atoms with Gasteiger partial charge in [0.05, 0.1) is 48.1 Å². The summed E-state index contributed by atoms with van der Waals surface area (Å²) in [5.74, 6) is 0. The van der Waals surface area contributed by atoms with Crippen LogP contribution < -0.4 is 0 Å². The minimum atomic E-state index is -0.196. The summed E-state index contributed by atoms with van der Waals surface area (Å²) in [6.07, 6.45) is 3.35. The van der Waals surface area contributed by atoms with Gasteiger partial charge in [-0.05, 0) is 109 Å². The lowest BCUT2D eigenvalue weighted by atomic mass is 9.70. The smallest absolute Gasteiger partial charge is 0.118 e. The normalized spacial score (nSPS) is 16.7. The Labute approximate surface area is 240 Å². The molecule has 0 aliphatic carbocycles. The largest absolute Gasteiger partial charge is 0.379 e. The summed E-state index contributed by atoms with van der Waals surface area (Å²) < 4.78 is 20.1. The molecule has 230 valence electrons. The minimum Gasteiger partial charge on any atom is -0.379 e. The molecule has 0 aliphatic heterocycles. The van der Waals surface area contributed by atoms with Crippen LogP contribution >= 0.6 is 0 Å². The Balaban J connectivity index is 7.12. The Morgan fingerprint density at radius 2 is 0.974 bits per heavy atom. The quantitative estimate of drug-likeness (QED) is 0.193. The highest BCUT2D eigenvalue weighted by molar-refractivity contribution is 4.92. The molecule has 0 radical (unpaired) electrons. The van der Waals surface area contributed by atoms with Gasteiger partial charge >= 0.3 is 0 Å². The van der Waals surface area contributed by atoms with Crippen LogP contribution in [0.2, 0.25) is 0 Å². The SMILES string of the molecule is CC(C)OCCC(C)(C)[N+](CC(C)(C)CC(C)(C)C)(C(C)(C)CCOC(C)(C)C)C(C)(C)COC(C)(C)C. The van der Waals surface area contributed by atoms with E-state index in [2.05, 4.69) is 132 Å². The van der Waals surface area contributed by atoms with Gasteiger partial charge in [0.2, 0.25) is 0 Å². The van der Waals surface area contributed by atoms with Gasteiger partial charge in [-0.2, -0.15) is 0 Å². The number of ether oxygens (including phenoxy) is 3. The average molecular weight is 543 g/mol. The van der Waals surface area contributed by atoms with Crippen molar-refractivity contribution in [3.8, 4) is 0 Å². The van der Waals surface area contributed by atoms with Crippen LogP contribution in [0.3, 0.4) is 0 Å². The molecular weight excluding hydrogens is 470 g/mol. The molecule has 0 bridgehead atoms. The molecule has 0 heterocycles. The number of rotatable bonds is 15. The maximum Gasteiger partial charge on any atom is 0.118 e. The van der Waals surface area contributed by atoms with Gasteiger partial charge in [0.1, 0.15) is 12.1 Å². The summed E-state index contributed by atoms with van der Waals surface area (Å²) in [7, 11) is 0. The summed E-state index contributed by atoms with van der Waals surface area (Å²) in [6.45, 7) is 47.4. The Bertz CT molecular complexity index is 699. The van der Waals surface area contributed by atoms with Gasteiger partial charge in [0.15, 0.2) is 0 Å². The Morgan fingerprint density at radius 3 is 1.34 bits per heavy atom. The van der Waals surface area contributed by atoms with Crippen molar-refractivity contribution >= 4 is 0 Å². The van der Waals surface area contributed by atoms with Crippen molar-refractivity contribution in [2.45, 2.75) is 185 Å². The Hall–Kier alpha value is -0.160. The summed E-state index contributed by atoms with van der Waals surface area (Å²) in [5, 5.41) is 0. The number of hydrogen-bond donors (Lipinski definition) is 0. The van der Waals surface area contributed by atoms with E-state index >= 15 is 0 Å². The summed E-state index contributed by atoms with van der Waals surface area (Å²) in [6, 6.07) is 0. The Morgan fingerprint density at radius 1 is 0.553 bits per heavy atom. The first-order valence-electron chi connectivity index (χ1n) is 15.3. The van der Waals surface area contributed by atoms with E-state index in [1.807, 2.05) is 0 Å². The molecule has 0 rings (SSSR count). The van der Waals surface area contributed by atoms with Gasteiger partial charge in [0.25, 0.3) is 0 Å². The fourth-order valence-electron chi connectivity index (χ4n) is 7.27. The second-order valence-corrected chi connectivity index (χ2v) is 18.1. The fraction of sp³-hybridized carbons (Fsp3) is 1.00. The van der Waals surface area contributed by atoms with Crippen molar-refractivity contribution in [3.05, 3.63) is 0 Å². The van der Waals surface area contributed by atoms with E-state index in [4.69, 9.17) is 14.2 Å². The molecule has 0 aliphatic rings. The van der Waals surface area contributed by atoms with E-state index in [1.165, 1.54) is 0 Å². The van der Waals surface area contributed by atoms with Crippen LogP contribution in [-0.4, -0.2) is 64.8 Å². The molecule has 0 aromatic rings. The lowest BCUT2D eigenvalue weighted by molar-refractivity contribution is -1.06. The molecule has 0 spiro atoms. The molecule has 4 heteroatoms. The standard InChI is InChI=1S/C34H72NO3/c1-27(2)36-22-20-32(14,15)35(25-31(12,13)24-28(3,4)5,34(18,19)26-38-30(9,10)11)33(16,17)21-23-37-29(6,7)8/h27H,20-26H2,1-19H3/q+1. The van der Waals surface area contributed by atoms with Crippen LogP contribution in [0.25, 0.3) is 0 Å². The molecule has 4 nitrogen and oxygen atoms in total. The summed E-state index contributed by atoms with van der Waals surface area (Å²) in [5.41, 5.74) is -0.284. The monoisotopic (exact) mass is 543 g/mol. The zero-order chi connectivity index (χ0) is 30.6. The first kappa shape index (κ1) is 37.8. The van der Waals surface area contributed by atoms with Gasteiger partial charge in [-0.15, -0.1) is 0 Å². The molecule has 0 aromatic heterocycles. The van der Waals surface area contributed by atoms with Crippen LogP contribution in [0.4, 0.5) is 0 Å². The highest BCUT2D eigenvalue weighted by Crippen LogP contribution is 2.51. The second-order valence-electron chi connectivity index (χ2n) is 18.1. The van der Waals surface area contributed by atoms with Crippen LogP contribution in [-0.2, 0) is 14.2 Å². The van der Waals surface area contributed by atoms with Crippen molar-refractivity contribution in [2.75, 3.05) is 26.4 Å². The molecule has 1 atom stereocenters. The summed E-state index contributed by atoms with van der Waals surface area (Å²) in [4.78, 5) is 0. The first-order valence-corrected chi connectivity index (χ1v) is 15.3. The van der Waals surface area contributed by atoms with Gasteiger partial charge in [-0.3, -0.25) is 0 Å². The average Bonchev–Trinajstić information content (AvgIpc) is 2.59. The molecule has 1 unspecified atom stereocenters. The zero-order valence-electron chi connectivity index (χ0n) is 29.7. The van der Waals surface area contributed by atoms with E-state index < -0.39 is 0 Å². The van der Waals surface area contributed by atoms with Crippen molar-refractivity contribution in [1.82, 2.24) is 0 Å². The van der Waals surface area contributed by atoms with Gasteiger partial charge in [-0.1, -0.05) is 34.6 Å². The van der Waals surface area contributed by atoms with Gasteiger partial charge < -0.3 is 18.7 Å². The lowest BCUT2D eigenvalue weighted by Gasteiger charge is -2.68. The van der Waals surface area contributed by atoms with E-state index in [9.17, 15) is 0 Å². The van der Waals surface area contributed by atoms with Gasteiger partial charge in [0, 0.05) is 18.3 Å². The zero-order valence-corrected chi connectivity index (χ0v) is 29.7. The van der Waals surface area contributed by atoms with E-state index in [-0.39, 0.29) is 44.8 Å². The van der Waals surface area contributed by atoms with Crippen molar-refractivity contribution in [1.29, 1.82) is 0 Å². The molecule has 38 heavy (non-hydrogen) atoms. The molecule has 0 saturated heterocycles.